The van der Waals surface area contributed by atoms with Gasteiger partial charge >= 0.3 is 12.0 Å². The minimum Gasteiger partial charge on any atom is -0.444 e. The second-order valence-electron chi connectivity index (χ2n) is 11.7. The summed E-state index contributed by atoms with van der Waals surface area (Å²) in [6.45, 7) is 13.2. The Morgan fingerprint density at radius 3 is 2.62 bits per heavy atom. The number of hydroxylamine groups is 2. The van der Waals surface area contributed by atoms with E-state index in [0.717, 1.165) is 39.6 Å². The van der Waals surface area contributed by atoms with Gasteiger partial charge in [0.15, 0.2) is 5.65 Å². The Morgan fingerprint density at radius 2 is 2.00 bits per heavy atom. The summed E-state index contributed by atoms with van der Waals surface area (Å²) in [7, 11) is 2.86. The standard InChI is InChI=1S/C29H37N7O4/c1-18-10-9-11-20(14-18)22-19(2)21(15-30)24-32-23(26(37)34(7)39-8)33-36(24)25(22)35-13-12-29(6,17-35)16-31-27(38)40-28(3,4)5/h9-11,14H,12-13,16-17H2,1-8H3,(H,31,38)/t29-/m0/s1. The fourth-order valence-corrected chi connectivity index (χ4v) is 5.02. The lowest BCUT2D eigenvalue weighted by Gasteiger charge is -2.29. The molecule has 1 N–H and O–H groups in total. The van der Waals surface area contributed by atoms with Crippen LogP contribution in [-0.4, -0.2) is 71.1 Å². The number of rotatable bonds is 6. The number of benzene rings is 1. The molecule has 3 aromatic rings. The Hall–Kier alpha value is -4.17. The highest BCUT2D eigenvalue weighted by Gasteiger charge is 2.38. The van der Waals surface area contributed by atoms with Crippen molar-refractivity contribution < 1.29 is 19.2 Å². The minimum absolute atomic E-state index is 0.0727. The lowest BCUT2D eigenvalue weighted by molar-refractivity contribution is -0.0764. The molecule has 0 unspecified atom stereocenters. The number of nitriles is 1. The number of fused-ring (bicyclic) bond motifs is 1. The average molecular weight is 548 g/mol. The van der Waals surface area contributed by atoms with E-state index in [-0.39, 0.29) is 11.2 Å². The third-order valence-electron chi connectivity index (χ3n) is 7.09. The summed E-state index contributed by atoms with van der Waals surface area (Å²) in [5.41, 5.74) is 3.42. The maximum absolute atomic E-state index is 12.9. The van der Waals surface area contributed by atoms with Crippen LogP contribution in [0.2, 0.25) is 0 Å². The van der Waals surface area contributed by atoms with Crippen LogP contribution in [0, 0.1) is 30.6 Å². The number of carbonyl (C=O) groups excluding carboxylic acids is 2. The Bertz CT molecular complexity index is 1500. The molecule has 0 radical (unpaired) electrons. The van der Waals surface area contributed by atoms with Gasteiger partial charge in [0.2, 0.25) is 5.82 Å². The zero-order chi connectivity index (χ0) is 29.4. The van der Waals surface area contributed by atoms with Crippen LogP contribution in [0.1, 0.15) is 61.4 Å². The van der Waals surface area contributed by atoms with E-state index in [2.05, 4.69) is 39.4 Å². The first-order valence-corrected chi connectivity index (χ1v) is 13.2. The van der Waals surface area contributed by atoms with E-state index in [1.165, 1.54) is 14.2 Å². The van der Waals surface area contributed by atoms with Crippen molar-refractivity contribution in [1.29, 1.82) is 5.26 Å². The average Bonchev–Trinajstić information content (AvgIpc) is 3.49. The number of nitrogens with zero attached hydrogens (tertiary/aromatic N) is 6. The van der Waals surface area contributed by atoms with Crippen molar-refractivity contribution in [2.45, 2.75) is 53.6 Å². The molecule has 0 aliphatic carbocycles. The first-order valence-electron chi connectivity index (χ1n) is 13.2. The molecule has 1 fully saturated rings. The van der Waals surface area contributed by atoms with E-state index in [1.54, 1.807) is 4.52 Å². The lowest BCUT2D eigenvalue weighted by Crippen LogP contribution is -2.40. The number of ether oxygens (including phenoxy) is 1. The van der Waals surface area contributed by atoms with Gasteiger partial charge < -0.3 is 15.0 Å². The summed E-state index contributed by atoms with van der Waals surface area (Å²) >= 11 is 0. The summed E-state index contributed by atoms with van der Waals surface area (Å²) in [4.78, 5) is 37.0. The second kappa shape index (κ2) is 10.8. The number of aryl methyl sites for hydroxylation is 1. The number of anilines is 1. The molecule has 3 heterocycles. The van der Waals surface area contributed by atoms with Crippen LogP contribution in [0.4, 0.5) is 10.6 Å². The Labute approximate surface area is 234 Å². The Morgan fingerprint density at radius 1 is 1.27 bits per heavy atom. The summed E-state index contributed by atoms with van der Waals surface area (Å²) in [5.74, 6) is 0.143. The quantitative estimate of drug-likeness (QED) is 0.454. The molecule has 11 heteroatoms. The normalized spacial score (nSPS) is 17.1. The number of alkyl carbamates (subject to hydrolysis) is 1. The predicted octanol–water partition coefficient (Wildman–Crippen LogP) is 4.26. The predicted molar refractivity (Wildman–Crippen MR) is 151 cm³/mol. The lowest BCUT2D eigenvalue weighted by atomic mass is 9.90. The van der Waals surface area contributed by atoms with Crippen LogP contribution in [0.15, 0.2) is 24.3 Å². The van der Waals surface area contributed by atoms with Gasteiger partial charge in [0.1, 0.15) is 23.1 Å². The zero-order valence-corrected chi connectivity index (χ0v) is 24.5. The molecule has 212 valence electrons. The molecule has 0 spiro atoms. The Balaban J connectivity index is 1.84. The van der Waals surface area contributed by atoms with E-state index in [1.807, 2.05) is 52.8 Å². The van der Waals surface area contributed by atoms with Gasteiger partial charge in [-0.3, -0.25) is 9.63 Å². The first-order chi connectivity index (χ1) is 18.8. The molecule has 40 heavy (non-hydrogen) atoms. The number of carbonyl (C=O) groups is 2. The zero-order valence-electron chi connectivity index (χ0n) is 24.5. The Kier molecular flexibility index (Phi) is 7.76. The van der Waals surface area contributed by atoms with Crippen molar-refractivity contribution in [3.8, 4) is 17.2 Å². The molecule has 1 aliphatic heterocycles. The molecule has 1 atom stereocenters. The monoisotopic (exact) mass is 547 g/mol. The van der Waals surface area contributed by atoms with Crippen molar-refractivity contribution in [3.05, 3.63) is 46.8 Å². The topological polar surface area (TPSA) is 125 Å². The van der Waals surface area contributed by atoms with Crippen LogP contribution >= 0.6 is 0 Å². The molecule has 1 aliphatic rings. The minimum atomic E-state index is -0.583. The van der Waals surface area contributed by atoms with Gasteiger partial charge in [-0.15, -0.1) is 5.10 Å². The maximum atomic E-state index is 12.9. The van der Waals surface area contributed by atoms with Gasteiger partial charge in [-0.1, -0.05) is 36.8 Å². The second-order valence-corrected chi connectivity index (χ2v) is 11.7. The van der Waals surface area contributed by atoms with Crippen molar-refractivity contribution in [1.82, 2.24) is 25.0 Å². The molecule has 11 nitrogen and oxygen atoms in total. The number of nitrogens with one attached hydrogen (secondary N) is 1. The largest absolute Gasteiger partial charge is 0.444 e. The fourth-order valence-electron chi connectivity index (χ4n) is 5.02. The van der Waals surface area contributed by atoms with E-state index in [9.17, 15) is 14.9 Å². The third-order valence-corrected chi connectivity index (χ3v) is 7.09. The number of hydrogen-bond acceptors (Lipinski definition) is 8. The molecule has 0 saturated carbocycles. The third kappa shape index (κ3) is 5.72. The van der Waals surface area contributed by atoms with Crippen LogP contribution in [0.3, 0.4) is 0 Å². The highest BCUT2D eigenvalue weighted by molar-refractivity contribution is 5.92. The van der Waals surface area contributed by atoms with Gasteiger partial charge in [-0.25, -0.2) is 14.8 Å². The molecule has 4 rings (SSSR count). The summed E-state index contributed by atoms with van der Waals surface area (Å²) < 4.78 is 7.04. The van der Waals surface area contributed by atoms with E-state index in [4.69, 9.17) is 9.57 Å². The molecular weight excluding hydrogens is 510 g/mol. The van der Waals surface area contributed by atoms with Crippen molar-refractivity contribution in [3.63, 3.8) is 0 Å². The number of pyridine rings is 1. The van der Waals surface area contributed by atoms with Gasteiger partial charge in [0, 0.05) is 37.7 Å². The SMILES string of the molecule is CON(C)C(=O)c1nc2c(C#N)c(C)c(-c3cccc(C)c3)c(N3CC[C@@](C)(CNC(=O)OC(C)(C)C)C3)n2n1. The van der Waals surface area contributed by atoms with Crippen LogP contribution in [0.25, 0.3) is 16.8 Å². The summed E-state index contributed by atoms with van der Waals surface area (Å²) in [6, 6.07) is 10.4. The highest BCUT2D eigenvalue weighted by atomic mass is 16.7. The smallest absolute Gasteiger partial charge is 0.407 e. The van der Waals surface area contributed by atoms with Gasteiger partial charge in [0.25, 0.3) is 0 Å². The van der Waals surface area contributed by atoms with E-state index < -0.39 is 17.6 Å². The number of amides is 2. The molecule has 2 amide bonds. The highest BCUT2D eigenvalue weighted by Crippen LogP contribution is 2.41. The van der Waals surface area contributed by atoms with Gasteiger partial charge in [0.05, 0.1) is 7.11 Å². The van der Waals surface area contributed by atoms with Crippen LogP contribution < -0.4 is 10.2 Å². The van der Waals surface area contributed by atoms with Crippen LogP contribution in [0.5, 0.6) is 0 Å². The first kappa shape index (κ1) is 28.8. The molecule has 0 bridgehead atoms. The van der Waals surface area contributed by atoms with E-state index in [0.29, 0.717) is 30.8 Å². The number of aromatic nitrogens is 3. The van der Waals surface area contributed by atoms with Crippen LogP contribution in [-0.2, 0) is 9.57 Å². The van der Waals surface area contributed by atoms with Crippen molar-refractivity contribution in [2.24, 2.45) is 5.41 Å². The number of hydrogen-bond donors (Lipinski definition) is 1. The maximum Gasteiger partial charge on any atom is 0.407 e. The summed E-state index contributed by atoms with van der Waals surface area (Å²) in [5, 5.41) is 18.7. The van der Waals surface area contributed by atoms with E-state index >= 15 is 0 Å². The molecule has 1 saturated heterocycles. The fraction of sp³-hybridized carbons (Fsp3) is 0.483. The van der Waals surface area contributed by atoms with Gasteiger partial charge in [-0.2, -0.15) is 9.78 Å². The van der Waals surface area contributed by atoms with Crippen molar-refractivity contribution >= 4 is 23.5 Å². The molecule has 2 aromatic heterocycles. The molecule has 1 aromatic carbocycles. The van der Waals surface area contributed by atoms with Crippen molar-refractivity contribution in [2.75, 3.05) is 38.7 Å². The van der Waals surface area contributed by atoms with Gasteiger partial charge in [-0.05, 0) is 52.2 Å². The summed E-state index contributed by atoms with van der Waals surface area (Å²) in [6.07, 6.45) is 0.342. The molecular formula is C29H37N7O4.